The molecular weight excluding hydrogens is 377 g/mol. The quantitative estimate of drug-likeness (QED) is 0.705. The summed E-state index contributed by atoms with van der Waals surface area (Å²) in [7, 11) is 0. The maximum atomic E-state index is 14.4. The first-order valence-electron chi connectivity index (χ1n) is 9.75. The third-order valence-electron chi connectivity index (χ3n) is 5.03. The molecular formula is C21H26FN3O4. The smallest absolute Gasteiger partial charge is 0.257 e. The van der Waals surface area contributed by atoms with Crippen LogP contribution in [0, 0.1) is 0 Å². The monoisotopic (exact) mass is 403 g/mol. The summed E-state index contributed by atoms with van der Waals surface area (Å²) in [6.45, 7) is 5.63. The van der Waals surface area contributed by atoms with Gasteiger partial charge < -0.3 is 20.5 Å². The lowest BCUT2D eigenvalue weighted by Crippen LogP contribution is -2.33. The maximum absolute atomic E-state index is 14.4. The molecule has 1 saturated heterocycles. The van der Waals surface area contributed by atoms with Gasteiger partial charge in [0.1, 0.15) is 5.75 Å². The van der Waals surface area contributed by atoms with Crippen molar-refractivity contribution < 1.29 is 23.5 Å². The van der Waals surface area contributed by atoms with Crippen LogP contribution in [0.4, 0.5) is 4.39 Å². The van der Waals surface area contributed by atoms with Gasteiger partial charge in [0, 0.05) is 30.5 Å². The van der Waals surface area contributed by atoms with Crippen LogP contribution >= 0.6 is 0 Å². The molecule has 3 rings (SSSR count). The van der Waals surface area contributed by atoms with Gasteiger partial charge in [-0.1, -0.05) is 6.92 Å². The summed E-state index contributed by atoms with van der Waals surface area (Å²) < 4.78 is 25.9. The van der Waals surface area contributed by atoms with E-state index in [4.69, 9.17) is 15.2 Å². The number of nitrogens with two attached hydrogens (primary N) is 1. The van der Waals surface area contributed by atoms with Crippen LogP contribution in [0.25, 0.3) is 10.8 Å². The second-order valence-electron chi connectivity index (χ2n) is 7.55. The molecule has 1 aromatic carbocycles. The summed E-state index contributed by atoms with van der Waals surface area (Å²) in [5.74, 6) is -0.392. The Morgan fingerprint density at radius 1 is 1.45 bits per heavy atom. The number of carbonyl (C=O) groups excluding carboxylic acids is 2. The second-order valence-corrected chi connectivity index (χ2v) is 7.55. The molecule has 0 spiro atoms. The number of halogens is 1. The number of hydrogen-bond donors (Lipinski definition) is 2. The molecule has 156 valence electrons. The molecule has 1 aromatic heterocycles. The molecule has 2 aromatic rings. The van der Waals surface area contributed by atoms with Gasteiger partial charge in [-0.25, -0.2) is 9.37 Å². The van der Waals surface area contributed by atoms with Crippen molar-refractivity contribution in [3.05, 3.63) is 30.0 Å². The Hall–Kier alpha value is -2.90. The second kappa shape index (κ2) is 8.23. The number of aromatic nitrogens is 1. The van der Waals surface area contributed by atoms with Gasteiger partial charge in [-0.2, -0.15) is 0 Å². The molecule has 8 heteroatoms. The lowest BCUT2D eigenvalue weighted by molar-refractivity contribution is -0.129. The summed E-state index contributed by atoms with van der Waals surface area (Å²) >= 11 is 0. The van der Waals surface area contributed by atoms with Gasteiger partial charge in [0.05, 0.1) is 18.3 Å². The topological polar surface area (TPSA) is 104 Å². The van der Waals surface area contributed by atoms with Crippen molar-refractivity contribution in [3.63, 3.8) is 0 Å². The molecule has 1 fully saturated rings. The predicted octanol–water partition coefficient (Wildman–Crippen LogP) is 2.90. The van der Waals surface area contributed by atoms with Crippen LogP contribution in [0.1, 0.15) is 50.4 Å². The average Bonchev–Trinajstić information content (AvgIpc) is 2.95. The fourth-order valence-electron chi connectivity index (χ4n) is 3.46. The van der Waals surface area contributed by atoms with E-state index in [1.165, 1.54) is 0 Å². The molecule has 0 unspecified atom stereocenters. The number of ether oxygens (including phenoxy) is 2. The Kier molecular flexibility index (Phi) is 5.91. The van der Waals surface area contributed by atoms with Crippen molar-refractivity contribution in [1.82, 2.24) is 10.3 Å². The average molecular weight is 403 g/mol. The van der Waals surface area contributed by atoms with Crippen molar-refractivity contribution in [2.24, 2.45) is 5.73 Å². The molecule has 1 aliphatic heterocycles. The Labute approximate surface area is 168 Å². The van der Waals surface area contributed by atoms with Crippen LogP contribution in [0.3, 0.4) is 0 Å². The van der Waals surface area contributed by atoms with Crippen LogP contribution in [0.2, 0.25) is 0 Å². The van der Waals surface area contributed by atoms with Crippen LogP contribution in [0.5, 0.6) is 11.6 Å². The predicted molar refractivity (Wildman–Crippen MR) is 107 cm³/mol. The zero-order valence-corrected chi connectivity index (χ0v) is 16.8. The first-order chi connectivity index (χ1) is 13.7. The van der Waals surface area contributed by atoms with Gasteiger partial charge >= 0.3 is 0 Å². The van der Waals surface area contributed by atoms with Crippen molar-refractivity contribution in [3.8, 4) is 11.6 Å². The Morgan fingerprint density at radius 3 is 2.83 bits per heavy atom. The van der Waals surface area contributed by atoms with Crippen molar-refractivity contribution in [2.75, 3.05) is 6.61 Å². The number of alkyl halides is 1. The third-order valence-corrected chi connectivity index (χ3v) is 5.03. The molecule has 1 aliphatic rings. The van der Waals surface area contributed by atoms with Crippen LogP contribution in [-0.2, 0) is 4.79 Å². The molecule has 2 heterocycles. The van der Waals surface area contributed by atoms with E-state index in [2.05, 4.69) is 10.3 Å². The molecule has 2 atom stereocenters. The summed E-state index contributed by atoms with van der Waals surface area (Å²) in [5.41, 5.74) is 3.98. The minimum absolute atomic E-state index is 0.142. The zero-order valence-electron chi connectivity index (χ0n) is 16.8. The molecule has 7 nitrogen and oxygen atoms in total. The largest absolute Gasteiger partial charge is 0.490 e. The first-order valence-corrected chi connectivity index (χ1v) is 9.75. The Bertz CT molecular complexity index is 934. The summed E-state index contributed by atoms with van der Waals surface area (Å²) in [4.78, 5) is 27.8. The number of fused-ring (bicyclic) bond motifs is 1. The summed E-state index contributed by atoms with van der Waals surface area (Å²) in [6, 6.07) is 4.83. The Morgan fingerprint density at radius 2 is 2.21 bits per heavy atom. The van der Waals surface area contributed by atoms with Crippen molar-refractivity contribution in [2.45, 2.75) is 57.8 Å². The number of hydrogen-bond acceptors (Lipinski definition) is 5. The normalized spacial score (nSPS) is 21.4. The lowest BCUT2D eigenvalue weighted by Gasteiger charge is -2.16. The van der Waals surface area contributed by atoms with E-state index in [1.807, 2.05) is 13.8 Å². The summed E-state index contributed by atoms with van der Waals surface area (Å²) in [5, 5.41) is 4.10. The minimum Gasteiger partial charge on any atom is -0.490 e. The SMILES string of the molecule is CC[C@]1(F)C[C@@H](CCOc2nccc3cc(C(N)=O)c(OC(C)C)cc23)NC1=O. The van der Waals surface area contributed by atoms with Crippen LogP contribution in [0.15, 0.2) is 24.4 Å². The fourth-order valence-corrected chi connectivity index (χ4v) is 3.46. The lowest BCUT2D eigenvalue weighted by atomic mass is 9.98. The molecule has 2 amide bonds. The minimum atomic E-state index is -1.80. The fraction of sp³-hybridized carbons (Fsp3) is 0.476. The van der Waals surface area contributed by atoms with Gasteiger partial charge in [-0.3, -0.25) is 9.59 Å². The maximum Gasteiger partial charge on any atom is 0.257 e. The van der Waals surface area contributed by atoms with Crippen LogP contribution < -0.4 is 20.5 Å². The third kappa shape index (κ3) is 4.41. The number of benzene rings is 1. The number of carbonyl (C=O) groups is 2. The van der Waals surface area contributed by atoms with Gasteiger partial charge in [-0.05, 0) is 43.9 Å². The highest BCUT2D eigenvalue weighted by Gasteiger charge is 2.45. The number of pyridine rings is 1. The van der Waals surface area contributed by atoms with Gasteiger partial charge in [-0.15, -0.1) is 0 Å². The highest BCUT2D eigenvalue weighted by Crippen LogP contribution is 2.32. The van der Waals surface area contributed by atoms with Gasteiger partial charge in [0.15, 0.2) is 5.67 Å². The molecule has 0 saturated carbocycles. The van der Waals surface area contributed by atoms with E-state index in [0.29, 0.717) is 23.4 Å². The molecule has 0 bridgehead atoms. The van der Waals surface area contributed by atoms with Crippen molar-refractivity contribution >= 4 is 22.6 Å². The van der Waals surface area contributed by atoms with E-state index < -0.39 is 17.5 Å². The molecule has 3 N–H and O–H groups in total. The first kappa shape index (κ1) is 20.8. The molecule has 29 heavy (non-hydrogen) atoms. The zero-order chi connectivity index (χ0) is 21.2. The number of nitrogens with zero attached hydrogens (tertiary/aromatic N) is 1. The number of primary amides is 1. The van der Waals surface area contributed by atoms with E-state index in [0.717, 1.165) is 5.39 Å². The van der Waals surface area contributed by atoms with E-state index in [9.17, 15) is 14.0 Å². The molecule has 0 radical (unpaired) electrons. The number of rotatable bonds is 8. The van der Waals surface area contributed by atoms with E-state index in [1.54, 1.807) is 31.3 Å². The highest BCUT2D eigenvalue weighted by atomic mass is 19.1. The van der Waals surface area contributed by atoms with Crippen molar-refractivity contribution in [1.29, 1.82) is 0 Å². The van der Waals surface area contributed by atoms with Gasteiger partial charge in [0.2, 0.25) is 5.88 Å². The van der Waals surface area contributed by atoms with E-state index >= 15 is 0 Å². The standard InChI is InChI=1S/C21H26FN3O4/c1-4-21(22)11-14(25-20(21)27)6-8-28-19-15-10-17(29-12(2)3)16(18(23)26)9-13(15)5-7-24-19/h5,7,9-10,12,14H,4,6,8,11H2,1-3H3,(H2,23,26)(H,25,27)/t14-,21+/m1/s1. The number of amides is 2. The number of nitrogens with one attached hydrogen (secondary N) is 1. The van der Waals surface area contributed by atoms with Gasteiger partial charge in [0.25, 0.3) is 11.8 Å². The Balaban J connectivity index is 1.77. The summed E-state index contributed by atoms with van der Waals surface area (Å²) in [6.07, 6.45) is 2.19. The highest BCUT2D eigenvalue weighted by molar-refractivity contribution is 6.01. The molecule has 0 aliphatic carbocycles. The van der Waals surface area contributed by atoms with E-state index in [-0.39, 0.29) is 37.2 Å². The van der Waals surface area contributed by atoms with Crippen LogP contribution in [-0.4, -0.2) is 41.2 Å².